The third-order valence-corrected chi connectivity index (χ3v) is 3.38. The average Bonchev–Trinajstić information content (AvgIpc) is 2.82. The number of alkyl halides is 3. The number of hydrogen-bond acceptors (Lipinski definition) is 0. The zero-order valence-corrected chi connectivity index (χ0v) is 9.74. The van der Waals surface area contributed by atoms with Gasteiger partial charge in [0.1, 0.15) is 0 Å². The maximum atomic E-state index is 12.5. The molecule has 1 aliphatic rings. The third-order valence-electron chi connectivity index (χ3n) is 2.92. The van der Waals surface area contributed by atoms with Crippen LogP contribution in [0.15, 0.2) is 22.7 Å². The fourth-order valence-corrected chi connectivity index (χ4v) is 2.07. The van der Waals surface area contributed by atoms with E-state index in [2.05, 4.69) is 15.9 Å². The first kappa shape index (κ1) is 11.0. The highest BCUT2D eigenvalue weighted by atomic mass is 79.9. The van der Waals surface area contributed by atoms with Crippen molar-refractivity contribution in [3.05, 3.63) is 33.8 Å². The second kappa shape index (κ2) is 3.24. The van der Waals surface area contributed by atoms with Crippen LogP contribution in [0.2, 0.25) is 0 Å². The fourth-order valence-electron chi connectivity index (χ4n) is 1.58. The summed E-state index contributed by atoms with van der Waals surface area (Å²) >= 11 is 3.13. The number of rotatable bonds is 1. The molecule has 2 rings (SSSR count). The molecule has 0 heterocycles. The van der Waals surface area contributed by atoms with E-state index in [0.29, 0.717) is 4.47 Å². The topological polar surface area (TPSA) is 0 Å². The number of benzene rings is 1. The molecule has 1 fully saturated rings. The van der Waals surface area contributed by atoms with Gasteiger partial charge in [-0.2, -0.15) is 13.2 Å². The Bertz CT molecular complexity index is 368. The van der Waals surface area contributed by atoms with Gasteiger partial charge in [0.05, 0.1) is 5.56 Å². The Kier molecular flexibility index (Phi) is 2.37. The van der Waals surface area contributed by atoms with Crippen LogP contribution in [0, 0.1) is 0 Å². The van der Waals surface area contributed by atoms with Gasteiger partial charge in [-0.05, 0) is 42.0 Å². The Labute approximate surface area is 94.6 Å². The summed E-state index contributed by atoms with van der Waals surface area (Å²) in [4.78, 5) is 0. The van der Waals surface area contributed by atoms with Gasteiger partial charge < -0.3 is 0 Å². The van der Waals surface area contributed by atoms with Crippen LogP contribution >= 0.6 is 15.9 Å². The molecule has 0 unspecified atom stereocenters. The average molecular weight is 279 g/mol. The number of halogens is 4. The van der Waals surface area contributed by atoms with Gasteiger partial charge in [-0.3, -0.25) is 0 Å². The van der Waals surface area contributed by atoms with Crippen molar-refractivity contribution in [2.45, 2.75) is 31.4 Å². The van der Waals surface area contributed by atoms with Crippen LogP contribution in [-0.2, 0) is 11.6 Å². The molecule has 0 spiro atoms. The van der Waals surface area contributed by atoms with E-state index >= 15 is 0 Å². The van der Waals surface area contributed by atoms with Crippen molar-refractivity contribution in [1.29, 1.82) is 0 Å². The molecule has 0 bridgehead atoms. The molecule has 0 aromatic heterocycles. The molecule has 15 heavy (non-hydrogen) atoms. The van der Waals surface area contributed by atoms with Gasteiger partial charge in [-0.1, -0.05) is 22.9 Å². The summed E-state index contributed by atoms with van der Waals surface area (Å²) in [6.07, 6.45) is -2.31. The lowest BCUT2D eigenvalue weighted by molar-refractivity contribution is -0.137. The highest BCUT2D eigenvalue weighted by molar-refractivity contribution is 9.10. The standard InChI is InChI=1S/C11H10BrF3/c1-10(2-3-10)7-4-8(11(13,14)15)6-9(12)5-7/h4-6H,2-3H2,1H3. The van der Waals surface area contributed by atoms with E-state index in [9.17, 15) is 13.2 Å². The first-order valence-electron chi connectivity index (χ1n) is 4.70. The Balaban J connectivity index is 2.46. The Hall–Kier alpha value is -0.510. The van der Waals surface area contributed by atoms with Crippen molar-refractivity contribution >= 4 is 15.9 Å². The predicted octanol–water partition coefficient (Wildman–Crippen LogP) is 4.52. The Morgan fingerprint density at radius 2 is 1.80 bits per heavy atom. The normalized spacial score (nSPS) is 19.0. The highest BCUT2D eigenvalue weighted by Crippen LogP contribution is 2.49. The summed E-state index contributed by atoms with van der Waals surface area (Å²) in [6.45, 7) is 1.99. The summed E-state index contributed by atoms with van der Waals surface area (Å²) < 4.78 is 38.1. The third kappa shape index (κ3) is 2.19. The van der Waals surface area contributed by atoms with Gasteiger partial charge in [0.25, 0.3) is 0 Å². The zero-order valence-electron chi connectivity index (χ0n) is 8.16. The Morgan fingerprint density at radius 1 is 1.20 bits per heavy atom. The van der Waals surface area contributed by atoms with Crippen LogP contribution in [-0.4, -0.2) is 0 Å². The SMILES string of the molecule is CC1(c2cc(Br)cc(C(F)(F)F)c2)CC1. The minimum Gasteiger partial charge on any atom is -0.166 e. The molecule has 1 aromatic rings. The molecule has 0 saturated heterocycles. The van der Waals surface area contributed by atoms with Crippen LogP contribution in [0.4, 0.5) is 13.2 Å². The van der Waals surface area contributed by atoms with E-state index in [4.69, 9.17) is 0 Å². The molecule has 1 saturated carbocycles. The summed E-state index contributed by atoms with van der Waals surface area (Å²) in [5, 5.41) is 0. The first-order chi connectivity index (χ1) is 6.81. The maximum absolute atomic E-state index is 12.5. The second-order valence-electron chi connectivity index (χ2n) is 4.29. The lowest BCUT2D eigenvalue weighted by Crippen LogP contribution is -2.08. The second-order valence-corrected chi connectivity index (χ2v) is 5.20. The lowest BCUT2D eigenvalue weighted by Gasteiger charge is -2.13. The van der Waals surface area contributed by atoms with Crippen molar-refractivity contribution in [3.63, 3.8) is 0 Å². The molecular formula is C11H10BrF3. The minimum atomic E-state index is -4.26. The summed E-state index contributed by atoms with van der Waals surface area (Å²) in [5.74, 6) is 0. The molecule has 82 valence electrons. The highest BCUT2D eigenvalue weighted by Gasteiger charge is 2.41. The van der Waals surface area contributed by atoms with Crippen LogP contribution in [0.1, 0.15) is 30.9 Å². The molecule has 4 heteroatoms. The van der Waals surface area contributed by atoms with E-state index < -0.39 is 11.7 Å². The number of hydrogen-bond donors (Lipinski definition) is 0. The van der Waals surface area contributed by atoms with Crippen LogP contribution in [0.25, 0.3) is 0 Å². The predicted molar refractivity (Wildman–Crippen MR) is 55.7 cm³/mol. The van der Waals surface area contributed by atoms with Crippen molar-refractivity contribution in [1.82, 2.24) is 0 Å². The summed E-state index contributed by atoms with van der Waals surface area (Å²) in [6, 6.07) is 4.16. The van der Waals surface area contributed by atoms with Gasteiger partial charge in [0.2, 0.25) is 0 Å². The van der Waals surface area contributed by atoms with Gasteiger partial charge >= 0.3 is 6.18 Å². The summed E-state index contributed by atoms with van der Waals surface area (Å²) in [7, 11) is 0. The van der Waals surface area contributed by atoms with E-state index in [0.717, 1.165) is 24.5 Å². The monoisotopic (exact) mass is 278 g/mol. The first-order valence-corrected chi connectivity index (χ1v) is 5.49. The molecule has 0 radical (unpaired) electrons. The molecule has 0 aliphatic heterocycles. The van der Waals surface area contributed by atoms with Crippen LogP contribution in [0.5, 0.6) is 0 Å². The molecule has 0 N–H and O–H groups in total. The molecule has 1 aromatic carbocycles. The quantitative estimate of drug-likeness (QED) is 0.709. The molecule has 0 amide bonds. The van der Waals surface area contributed by atoms with Gasteiger partial charge in [-0.15, -0.1) is 0 Å². The lowest BCUT2D eigenvalue weighted by atomic mass is 9.96. The van der Waals surface area contributed by atoms with Crippen molar-refractivity contribution < 1.29 is 13.2 Å². The largest absolute Gasteiger partial charge is 0.416 e. The maximum Gasteiger partial charge on any atom is 0.416 e. The summed E-state index contributed by atoms with van der Waals surface area (Å²) in [5.41, 5.74) is 0.174. The van der Waals surface area contributed by atoms with Crippen LogP contribution in [0.3, 0.4) is 0 Å². The van der Waals surface area contributed by atoms with Gasteiger partial charge in [-0.25, -0.2) is 0 Å². The van der Waals surface area contributed by atoms with Crippen molar-refractivity contribution in [2.75, 3.05) is 0 Å². The smallest absolute Gasteiger partial charge is 0.166 e. The fraction of sp³-hybridized carbons (Fsp3) is 0.455. The molecule has 0 atom stereocenters. The van der Waals surface area contributed by atoms with E-state index in [1.165, 1.54) is 6.07 Å². The molecule has 0 nitrogen and oxygen atoms in total. The van der Waals surface area contributed by atoms with Gasteiger partial charge in [0, 0.05) is 4.47 Å². The van der Waals surface area contributed by atoms with E-state index in [-0.39, 0.29) is 5.41 Å². The molecule has 1 aliphatic carbocycles. The Morgan fingerprint density at radius 3 is 2.27 bits per heavy atom. The van der Waals surface area contributed by atoms with Gasteiger partial charge in [0.15, 0.2) is 0 Å². The zero-order chi connectivity index (χ0) is 11.3. The van der Waals surface area contributed by atoms with Crippen molar-refractivity contribution in [2.24, 2.45) is 0 Å². The van der Waals surface area contributed by atoms with E-state index in [1.807, 2.05) is 6.92 Å². The van der Waals surface area contributed by atoms with E-state index in [1.54, 1.807) is 6.07 Å². The van der Waals surface area contributed by atoms with Crippen LogP contribution < -0.4 is 0 Å². The molecular weight excluding hydrogens is 269 g/mol. The van der Waals surface area contributed by atoms with Crippen molar-refractivity contribution in [3.8, 4) is 0 Å². The minimum absolute atomic E-state index is 0.0379.